The summed E-state index contributed by atoms with van der Waals surface area (Å²) >= 11 is 5.63. The van der Waals surface area contributed by atoms with Crippen molar-refractivity contribution in [3.05, 3.63) is 23.2 Å². The first-order chi connectivity index (χ1) is 7.78. The number of rotatable bonds is 3. The number of phenolic OH excluding ortho intramolecular Hbond substituents is 1. The Morgan fingerprint density at radius 2 is 2.06 bits per heavy atom. The molecule has 0 amide bonds. The minimum absolute atomic E-state index is 0.0895. The van der Waals surface area contributed by atoms with Crippen LogP contribution < -0.4 is 4.74 Å². The van der Waals surface area contributed by atoms with Gasteiger partial charge >= 0.3 is 5.97 Å². The van der Waals surface area contributed by atoms with Gasteiger partial charge in [-0.3, -0.25) is 0 Å². The van der Waals surface area contributed by atoms with Crippen LogP contribution in [0.3, 0.4) is 0 Å². The molecule has 0 aromatic heterocycles. The molecule has 17 heavy (non-hydrogen) atoms. The summed E-state index contributed by atoms with van der Waals surface area (Å²) in [7, 11) is 0. The second-order valence-corrected chi connectivity index (χ2v) is 4.90. The minimum atomic E-state index is -0.539. The van der Waals surface area contributed by atoms with Crippen LogP contribution in [0.15, 0.2) is 18.2 Å². The molecule has 94 valence electrons. The van der Waals surface area contributed by atoms with Crippen LogP contribution >= 0.6 is 11.6 Å². The molecule has 0 aliphatic carbocycles. The smallest absolute Gasteiger partial charge is 0.344 e. The first-order valence-electron chi connectivity index (χ1n) is 5.11. The van der Waals surface area contributed by atoms with Gasteiger partial charge in [-0.25, -0.2) is 4.79 Å². The van der Waals surface area contributed by atoms with Crippen molar-refractivity contribution in [2.45, 2.75) is 26.4 Å². The van der Waals surface area contributed by atoms with Crippen molar-refractivity contribution in [2.24, 2.45) is 0 Å². The zero-order valence-corrected chi connectivity index (χ0v) is 10.7. The predicted octanol–water partition coefficient (Wildman–Crippen LogP) is 2.77. The van der Waals surface area contributed by atoms with Gasteiger partial charge in [0, 0.05) is 6.07 Å². The van der Waals surface area contributed by atoms with Gasteiger partial charge in [0.15, 0.2) is 6.61 Å². The highest BCUT2D eigenvalue weighted by molar-refractivity contribution is 6.32. The normalized spacial score (nSPS) is 11.1. The van der Waals surface area contributed by atoms with E-state index in [1.165, 1.54) is 12.1 Å². The molecular weight excluding hydrogens is 244 g/mol. The van der Waals surface area contributed by atoms with E-state index in [-0.39, 0.29) is 17.4 Å². The molecule has 4 nitrogen and oxygen atoms in total. The van der Waals surface area contributed by atoms with Crippen LogP contribution in [0.4, 0.5) is 0 Å². The molecule has 0 bridgehead atoms. The van der Waals surface area contributed by atoms with Crippen molar-refractivity contribution < 1.29 is 19.4 Å². The van der Waals surface area contributed by atoms with E-state index < -0.39 is 11.6 Å². The Morgan fingerprint density at radius 3 is 2.59 bits per heavy atom. The summed E-state index contributed by atoms with van der Waals surface area (Å²) in [5.74, 6) is -0.196. The highest BCUT2D eigenvalue weighted by atomic mass is 35.5. The summed E-state index contributed by atoms with van der Waals surface area (Å²) in [6.45, 7) is 5.12. The maximum absolute atomic E-state index is 11.3. The zero-order valence-electron chi connectivity index (χ0n) is 9.99. The third-order valence-electron chi connectivity index (χ3n) is 1.69. The van der Waals surface area contributed by atoms with E-state index >= 15 is 0 Å². The van der Waals surface area contributed by atoms with E-state index in [0.29, 0.717) is 5.75 Å². The summed E-state index contributed by atoms with van der Waals surface area (Å²) in [5, 5.41) is 9.55. The fraction of sp³-hybridized carbons (Fsp3) is 0.417. The number of hydrogen-bond donors (Lipinski definition) is 1. The van der Waals surface area contributed by atoms with Gasteiger partial charge < -0.3 is 14.6 Å². The Balaban J connectivity index is 2.50. The number of carbonyl (C=O) groups is 1. The Kier molecular flexibility index (Phi) is 4.23. The average molecular weight is 259 g/mol. The number of ether oxygens (including phenoxy) is 2. The van der Waals surface area contributed by atoms with Gasteiger partial charge in [0.05, 0.1) is 5.02 Å². The Morgan fingerprint density at radius 1 is 1.41 bits per heavy atom. The topological polar surface area (TPSA) is 55.8 Å². The van der Waals surface area contributed by atoms with E-state index in [1.807, 2.05) is 0 Å². The average Bonchev–Trinajstić information content (AvgIpc) is 2.17. The summed E-state index contributed by atoms with van der Waals surface area (Å²) in [5.41, 5.74) is -0.539. The first kappa shape index (κ1) is 13.6. The van der Waals surface area contributed by atoms with E-state index in [1.54, 1.807) is 26.8 Å². The van der Waals surface area contributed by atoms with Gasteiger partial charge in [0.1, 0.15) is 17.1 Å². The lowest BCUT2D eigenvalue weighted by Crippen LogP contribution is -2.27. The first-order valence-corrected chi connectivity index (χ1v) is 5.49. The number of benzene rings is 1. The standard InChI is InChI=1S/C12H15ClO4/c1-12(2,3)17-11(15)7-16-8-4-5-9(13)10(14)6-8/h4-6,14H,7H2,1-3H3. The Labute approximate surface area is 105 Å². The number of carbonyl (C=O) groups excluding carboxylic acids is 1. The summed E-state index contributed by atoms with van der Waals surface area (Å²) in [6.07, 6.45) is 0. The van der Waals surface area contributed by atoms with Crippen molar-refractivity contribution >= 4 is 17.6 Å². The van der Waals surface area contributed by atoms with Gasteiger partial charge in [-0.1, -0.05) is 11.6 Å². The predicted molar refractivity (Wildman–Crippen MR) is 64.5 cm³/mol. The molecule has 1 aromatic rings. The number of aromatic hydroxyl groups is 1. The maximum Gasteiger partial charge on any atom is 0.344 e. The van der Waals surface area contributed by atoms with Crippen molar-refractivity contribution in [1.82, 2.24) is 0 Å². The van der Waals surface area contributed by atoms with Crippen LogP contribution in [0.25, 0.3) is 0 Å². The molecule has 0 saturated carbocycles. The Bertz CT molecular complexity index is 409. The van der Waals surface area contributed by atoms with E-state index in [2.05, 4.69) is 0 Å². The molecular formula is C12H15ClO4. The highest BCUT2D eigenvalue weighted by Gasteiger charge is 2.16. The third kappa shape index (κ3) is 4.95. The molecule has 0 heterocycles. The quantitative estimate of drug-likeness (QED) is 0.847. The molecule has 1 N–H and O–H groups in total. The van der Waals surface area contributed by atoms with Gasteiger partial charge in [-0.15, -0.1) is 0 Å². The van der Waals surface area contributed by atoms with Crippen molar-refractivity contribution in [2.75, 3.05) is 6.61 Å². The summed E-state index contributed by atoms with van der Waals surface area (Å²) in [4.78, 5) is 11.3. The highest BCUT2D eigenvalue weighted by Crippen LogP contribution is 2.27. The second-order valence-electron chi connectivity index (χ2n) is 4.49. The van der Waals surface area contributed by atoms with Gasteiger partial charge in [-0.2, -0.15) is 0 Å². The fourth-order valence-corrected chi connectivity index (χ4v) is 1.21. The van der Waals surface area contributed by atoms with Crippen molar-refractivity contribution in [3.8, 4) is 11.5 Å². The second kappa shape index (κ2) is 5.27. The molecule has 0 fully saturated rings. The molecule has 1 rings (SSSR count). The summed E-state index contributed by atoms with van der Waals surface area (Å²) < 4.78 is 10.2. The molecule has 0 atom stereocenters. The molecule has 5 heteroatoms. The maximum atomic E-state index is 11.3. The molecule has 0 unspecified atom stereocenters. The zero-order chi connectivity index (χ0) is 13.1. The molecule has 0 saturated heterocycles. The third-order valence-corrected chi connectivity index (χ3v) is 2.01. The number of esters is 1. The molecule has 0 radical (unpaired) electrons. The van der Waals surface area contributed by atoms with E-state index in [0.717, 1.165) is 0 Å². The number of phenols is 1. The lowest BCUT2D eigenvalue weighted by atomic mass is 10.2. The van der Waals surface area contributed by atoms with Gasteiger partial charge in [-0.05, 0) is 32.9 Å². The van der Waals surface area contributed by atoms with Gasteiger partial charge in [0.2, 0.25) is 0 Å². The lowest BCUT2D eigenvalue weighted by molar-refractivity contribution is -0.157. The molecule has 0 aliphatic heterocycles. The molecule has 0 spiro atoms. The van der Waals surface area contributed by atoms with Crippen LogP contribution in [0.1, 0.15) is 20.8 Å². The fourth-order valence-electron chi connectivity index (χ4n) is 1.10. The van der Waals surface area contributed by atoms with Crippen LogP contribution in [0.5, 0.6) is 11.5 Å². The van der Waals surface area contributed by atoms with Crippen LogP contribution in [-0.2, 0) is 9.53 Å². The lowest BCUT2D eigenvalue weighted by Gasteiger charge is -2.19. The molecule has 1 aromatic carbocycles. The molecule has 0 aliphatic rings. The summed E-state index contributed by atoms with van der Waals surface area (Å²) in [6, 6.07) is 4.39. The van der Waals surface area contributed by atoms with Crippen molar-refractivity contribution in [1.29, 1.82) is 0 Å². The van der Waals surface area contributed by atoms with Crippen LogP contribution in [0, 0.1) is 0 Å². The largest absolute Gasteiger partial charge is 0.506 e. The monoisotopic (exact) mass is 258 g/mol. The van der Waals surface area contributed by atoms with Crippen LogP contribution in [-0.4, -0.2) is 23.3 Å². The number of hydrogen-bond acceptors (Lipinski definition) is 4. The van der Waals surface area contributed by atoms with Gasteiger partial charge in [0.25, 0.3) is 0 Å². The minimum Gasteiger partial charge on any atom is -0.506 e. The van der Waals surface area contributed by atoms with Crippen LogP contribution in [0.2, 0.25) is 5.02 Å². The van der Waals surface area contributed by atoms with E-state index in [9.17, 15) is 9.90 Å². The van der Waals surface area contributed by atoms with E-state index in [4.69, 9.17) is 21.1 Å². The van der Waals surface area contributed by atoms with Crippen molar-refractivity contribution in [3.63, 3.8) is 0 Å². The number of halogens is 1. The SMILES string of the molecule is CC(C)(C)OC(=O)COc1ccc(Cl)c(O)c1. The Hall–Kier alpha value is -1.42.